The number of aromatic nitrogens is 1. The number of H-pyrrole nitrogens is 1. The van der Waals surface area contributed by atoms with Crippen molar-refractivity contribution in [3.8, 4) is 0 Å². The Bertz CT molecular complexity index is 499. The third kappa shape index (κ3) is 0.758. The van der Waals surface area contributed by atoms with Crippen molar-refractivity contribution < 1.29 is 9.53 Å². The first kappa shape index (κ1) is 6.71. The van der Waals surface area contributed by atoms with E-state index in [-0.39, 0.29) is 5.97 Å². The lowest BCUT2D eigenvalue weighted by Crippen LogP contribution is -1.94. The van der Waals surface area contributed by atoms with E-state index in [1.54, 1.807) is 0 Å². The van der Waals surface area contributed by atoms with Gasteiger partial charge in [0.15, 0.2) is 0 Å². The molecular weight excluding hydrogens is 166 g/mol. The van der Waals surface area contributed by atoms with E-state index in [2.05, 4.69) is 4.98 Å². The summed E-state index contributed by atoms with van der Waals surface area (Å²) in [5.41, 5.74) is 2.60. The van der Waals surface area contributed by atoms with Crippen LogP contribution < -0.4 is 0 Å². The number of nitrogens with one attached hydrogen (secondary N) is 1. The molecule has 0 aliphatic carbocycles. The number of ether oxygens (including phenoxy) is 1. The smallest absolute Gasteiger partial charge is 0.355 e. The first-order chi connectivity index (χ1) is 6.36. The number of benzene rings is 1. The topological polar surface area (TPSA) is 42.1 Å². The van der Waals surface area contributed by atoms with Crippen molar-refractivity contribution in [3.05, 3.63) is 35.5 Å². The summed E-state index contributed by atoms with van der Waals surface area (Å²) in [5, 5.41) is 1.09. The Balaban J connectivity index is 2.44. The monoisotopic (exact) mass is 173 g/mol. The van der Waals surface area contributed by atoms with E-state index in [1.807, 2.05) is 24.3 Å². The van der Waals surface area contributed by atoms with Crippen molar-refractivity contribution in [1.29, 1.82) is 0 Å². The van der Waals surface area contributed by atoms with Gasteiger partial charge in [-0.1, -0.05) is 18.2 Å². The zero-order valence-corrected chi connectivity index (χ0v) is 6.83. The molecule has 1 aromatic carbocycles. The molecule has 0 fully saturated rings. The van der Waals surface area contributed by atoms with E-state index in [0.29, 0.717) is 12.3 Å². The SMILES string of the molecule is O=C1OCc2c1[nH]c1ccccc21. The molecule has 0 radical (unpaired) electrons. The van der Waals surface area contributed by atoms with Gasteiger partial charge in [-0.25, -0.2) is 4.79 Å². The minimum atomic E-state index is -0.244. The number of fused-ring (bicyclic) bond motifs is 3. The molecule has 2 aromatic rings. The van der Waals surface area contributed by atoms with Crippen LogP contribution in [0.1, 0.15) is 16.1 Å². The second kappa shape index (κ2) is 2.13. The van der Waals surface area contributed by atoms with Crippen LogP contribution >= 0.6 is 0 Å². The minimum absolute atomic E-state index is 0.244. The predicted octanol–water partition coefficient (Wildman–Crippen LogP) is 1.84. The van der Waals surface area contributed by atoms with Crippen LogP contribution in [0.15, 0.2) is 24.3 Å². The van der Waals surface area contributed by atoms with Crippen LogP contribution in [-0.4, -0.2) is 11.0 Å². The first-order valence-corrected chi connectivity index (χ1v) is 4.13. The second-order valence-electron chi connectivity index (χ2n) is 3.10. The van der Waals surface area contributed by atoms with Gasteiger partial charge in [0.05, 0.1) is 0 Å². The number of hydrogen-bond donors (Lipinski definition) is 1. The van der Waals surface area contributed by atoms with Crippen molar-refractivity contribution in [1.82, 2.24) is 4.98 Å². The second-order valence-corrected chi connectivity index (χ2v) is 3.10. The van der Waals surface area contributed by atoms with Crippen LogP contribution in [-0.2, 0) is 11.3 Å². The third-order valence-electron chi connectivity index (χ3n) is 2.37. The highest BCUT2D eigenvalue weighted by atomic mass is 16.5. The molecule has 3 nitrogen and oxygen atoms in total. The van der Waals surface area contributed by atoms with Crippen LogP contribution in [0.4, 0.5) is 0 Å². The summed E-state index contributed by atoms with van der Waals surface area (Å²) < 4.78 is 4.90. The summed E-state index contributed by atoms with van der Waals surface area (Å²) in [5.74, 6) is -0.244. The molecule has 0 amide bonds. The Morgan fingerprint density at radius 1 is 1.31 bits per heavy atom. The largest absolute Gasteiger partial charge is 0.456 e. The summed E-state index contributed by atoms with van der Waals surface area (Å²) in [6.45, 7) is 0.401. The summed E-state index contributed by atoms with van der Waals surface area (Å²) in [6, 6.07) is 7.85. The Hall–Kier alpha value is -1.77. The summed E-state index contributed by atoms with van der Waals surface area (Å²) in [6.07, 6.45) is 0. The normalized spacial score (nSPS) is 14.6. The van der Waals surface area contributed by atoms with Gasteiger partial charge in [0.25, 0.3) is 0 Å². The Morgan fingerprint density at radius 3 is 3.08 bits per heavy atom. The van der Waals surface area contributed by atoms with E-state index >= 15 is 0 Å². The maximum Gasteiger partial charge on any atom is 0.355 e. The summed E-state index contributed by atoms with van der Waals surface area (Å²) in [7, 11) is 0. The standard InChI is InChI=1S/C10H7NO2/c12-10-9-7(5-13-10)6-3-1-2-4-8(6)11-9/h1-4,11H,5H2. The number of esters is 1. The number of rotatable bonds is 0. The maximum absolute atomic E-state index is 11.2. The van der Waals surface area contributed by atoms with Crippen LogP contribution in [0.2, 0.25) is 0 Å². The van der Waals surface area contributed by atoms with Crippen LogP contribution in [0, 0.1) is 0 Å². The molecule has 1 N–H and O–H groups in total. The molecule has 1 aromatic heterocycles. The van der Waals surface area contributed by atoms with Crippen molar-refractivity contribution in [2.45, 2.75) is 6.61 Å². The molecule has 2 heterocycles. The Morgan fingerprint density at radius 2 is 2.15 bits per heavy atom. The molecule has 0 spiro atoms. The number of cyclic esters (lactones) is 1. The summed E-state index contributed by atoms with van der Waals surface area (Å²) in [4.78, 5) is 14.2. The fraction of sp³-hybridized carbons (Fsp3) is 0.100. The number of para-hydroxylation sites is 1. The fourth-order valence-corrected chi connectivity index (χ4v) is 1.73. The molecule has 1 aliphatic rings. The van der Waals surface area contributed by atoms with E-state index < -0.39 is 0 Å². The minimum Gasteiger partial charge on any atom is -0.456 e. The van der Waals surface area contributed by atoms with Gasteiger partial charge in [-0.15, -0.1) is 0 Å². The summed E-state index contributed by atoms with van der Waals surface area (Å²) >= 11 is 0. The molecular formula is C10H7NO2. The van der Waals surface area contributed by atoms with E-state index in [0.717, 1.165) is 16.5 Å². The maximum atomic E-state index is 11.2. The van der Waals surface area contributed by atoms with Gasteiger partial charge in [-0.05, 0) is 6.07 Å². The molecule has 0 bridgehead atoms. The van der Waals surface area contributed by atoms with Gasteiger partial charge in [0.2, 0.25) is 0 Å². The average molecular weight is 173 g/mol. The molecule has 64 valence electrons. The number of aromatic amines is 1. The average Bonchev–Trinajstić information content (AvgIpc) is 2.67. The van der Waals surface area contributed by atoms with E-state index in [9.17, 15) is 4.79 Å². The fourth-order valence-electron chi connectivity index (χ4n) is 1.73. The van der Waals surface area contributed by atoms with Gasteiger partial charge in [-0.3, -0.25) is 0 Å². The van der Waals surface area contributed by atoms with Crippen molar-refractivity contribution >= 4 is 16.9 Å². The highest BCUT2D eigenvalue weighted by Crippen LogP contribution is 2.27. The van der Waals surface area contributed by atoms with Gasteiger partial charge in [0.1, 0.15) is 12.3 Å². The van der Waals surface area contributed by atoms with Gasteiger partial charge >= 0.3 is 5.97 Å². The Labute approximate surface area is 74.3 Å². The van der Waals surface area contributed by atoms with Gasteiger partial charge < -0.3 is 9.72 Å². The number of carbonyl (C=O) groups is 1. The molecule has 0 unspecified atom stereocenters. The van der Waals surface area contributed by atoms with Crippen molar-refractivity contribution in [2.75, 3.05) is 0 Å². The quantitative estimate of drug-likeness (QED) is 0.617. The zero-order chi connectivity index (χ0) is 8.84. The molecule has 13 heavy (non-hydrogen) atoms. The number of hydrogen-bond acceptors (Lipinski definition) is 2. The van der Waals surface area contributed by atoms with Crippen LogP contribution in [0.5, 0.6) is 0 Å². The van der Waals surface area contributed by atoms with Gasteiger partial charge in [0, 0.05) is 16.5 Å². The third-order valence-corrected chi connectivity index (χ3v) is 2.37. The van der Waals surface area contributed by atoms with Crippen molar-refractivity contribution in [2.24, 2.45) is 0 Å². The van der Waals surface area contributed by atoms with E-state index in [4.69, 9.17) is 4.74 Å². The molecule has 1 aliphatic heterocycles. The van der Waals surface area contributed by atoms with Gasteiger partial charge in [-0.2, -0.15) is 0 Å². The highest BCUT2D eigenvalue weighted by Gasteiger charge is 2.25. The van der Waals surface area contributed by atoms with E-state index in [1.165, 1.54) is 0 Å². The lowest BCUT2D eigenvalue weighted by Gasteiger charge is -1.92. The molecule has 0 atom stereocenters. The first-order valence-electron chi connectivity index (χ1n) is 4.13. The zero-order valence-electron chi connectivity index (χ0n) is 6.83. The predicted molar refractivity (Wildman–Crippen MR) is 47.4 cm³/mol. The molecule has 0 saturated heterocycles. The lowest BCUT2D eigenvalue weighted by atomic mass is 10.1. The van der Waals surface area contributed by atoms with Crippen LogP contribution in [0.25, 0.3) is 10.9 Å². The molecule has 3 rings (SSSR count). The van der Waals surface area contributed by atoms with Crippen LogP contribution in [0.3, 0.4) is 0 Å². The van der Waals surface area contributed by atoms with Crippen molar-refractivity contribution in [3.63, 3.8) is 0 Å². The number of carbonyl (C=O) groups excluding carboxylic acids is 1. The molecule has 3 heteroatoms. The lowest BCUT2D eigenvalue weighted by molar-refractivity contribution is 0.0531. The highest BCUT2D eigenvalue weighted by molar-refractivity contribution is 6.00. The Kier molecular flexibility index (Phi) is 1.10. The molecule has 0 saturated carbocycles.